The first kappa shape index (κ1) is 21.0. The number of ether oxygens (including phenoxy) is 1. The SMILES string of the molecule is CC1Oc2ccc(Nc3ncc4c(=N)n(-c5c(Cl)cccc5Cl)c(=O)[nH]c4n3)cc2NC1=O. The van der Waals surface area contributed by atoms with E-state index in [1.54, 1.807) is 43.3 Å². The van der Waals surface area contributed by atoms with Gasteiger partial charge in [0.25, 0.3) is 5.91 Å². The third-order valence-corrected chi connectivity index (χ3v) is 5.63. The van der Waals surface area contributed by atoms with E-state index < -0.39 is 11.8 Å². The first-order chi connectivity index (χ1) is 15.8. The summed E-state index contributed by atoms with van der Waals surface area (Å²) < 4.78 is 6.61. The molecule has 0 bridgehead atoms. The van der Waals surface area contributed by atoms with Crippen molar-refractivity contribution in [3.63, 3.8) is 0 Å². The molecule has 3 heterocycles. The molecule has 1 aliphatic rings. The maximum Gasteiger partial charge on any atom is 0.333 e. The van der Waals surface area contributed by atoms with E-state index in [1.165, 1.54) is 6.20 Å². The van der Waals surface area contributed by atoms with Crippen molar-refractivity contribution < 1.29 is 9.53 Å². The molecule has 0 radical (unpaired) electrons. The lowest BCUT2D eigenvalue weighted by atomic mass is 10.2. The topological polar surface area (TPSA) is 138 Å². The number of benzene rings is 2. The van der Waals surface area contributed by atoms with Gasteiger partial charge in [-0.05, 0) is 37.3 Å². The van der Waals surface area contributed by atoms with E-state index in [0.29, 0.717) is 17.1 Å². The summed E-state index contributed by atoms with van der Waals surface area (Å²) in [5.41, 5.74) is 0.666. The van der Waals surface area contributed by atoms with Gasteiger partial charge in [0.05, 0.1) is 26.8 Å². The van der Waals surface area contributed by atoms with Crippen LogP contribution in [0.15, 0.2) is 47.4 Å². The molecule has 0 spiro atoms. The molecule has 1 atom stereocenters. The number of fused-ring (bicyclic) bond motifs is 2. The molecular formula is C21H15Cl2N7O3. The highest BCUT2D eigenvalue weighted by molar-refractivity contribution is 6.37. The predicted octanol–water partition coefficient (Wildman–Crippen LogP) is 3.36. The molecule has 0 saturated carbocycles. The number of rotatable bonds is 3. The van der Waals surface area contributed by atoms with Gasteiger partial charge in [0.15, 0.2) is 11.8 Å². The molecule has 4 aromatic rings. The monoisotopic (exact) mass is 483 g/mol. The molecule has 5 rings (SSSR count). The number of hydrogen-bond acceptors (Lipinski definition) is 7. The van der Waals surface area contributed by atoms with Crippen LogP contribution in [0.2, 0.25) is 10.0 Å². The van der Waals surface area contributed by atoms with Gasteiger partial charge < -0.3 is 15.4 Å². The van der Waals surface area contributed by atoms with Crippen LogP contribution < -0.4 is 26.5 Å². The second-order valence-electron chi connectivity index (χ2n) is 7.23. The highest BCUT2D eigenvalue weighted by atomic mass is 35.5. The van der Waals surface area contributed by atoms with E-state index in [4.69, 9.17) is 33.3 Å². The van der Waals surface area contributed by atoms with E-state index in [9.17, 15) is 9.59 Å². The minimum Gasteiger partial charge on any atom is -0.479 e. The summed E-state index contributed by atoms with van der Waals surface area (Å²) in [7, 11) is 0. The molecule has 0 aliphatic carbocycles. The minimum atomic E-state index is -0.630. The number of amides is 1. The first-order valence-corrected chi connectivity index (χ1v) is 10.5. The van der Waals surface area contributed by atoms with Crippen LogP contribution in [0.4, 0.5) is 17.3 Å². The lowest BCUT2D eigenvalue weighted by molar-refractivity contribution is -0.122. The second-order valence-corrected chi connectivity index (χ2v) is 8.04. The van der Waals surface area contributed by atoms with E-state index >= 15 is 0 Å². The molecular weight excluding hydrogens is 469 g/mol. The van der Waals surface area contributed by atoms with E-state index in [0.717, 1.165) is 4.57 Å². The van der Waals surface area contributed by atoms with Crippen molar-refractivity contribution in [3.8, 4) is 11.4 Å². The molecule has 1 aliphatic heterocycles. The van der Waals surface area contributed by atoms with E-state index in [2.05, 4.69) is 25.6 Å². The van der Waals surface area contributed by atoms with Crippen molar-refractivity contribution in [2.45, 2.75) is 13.0 Å². The van der Waals surface area contributed by atoms with Gasteiger partial charge in [-0.1, -0.05) is 29.3 Å². The number of nitrogens with one attached hydrogen (secondary N) is 4. The fourth-order valence-electron chi connectivity index (χ4n) is 3.42. The number of carbonyl (C=O) groups excluding carboxylic acids is 1. The number of H-pyrrole nitrogens is 1. The van der Waals surface area contributed by atoms with Crippen molar-refractivity contribution in [1.29, 1.82) is 5.41 Å². The average molecular weight is 484 g/mol. The summed E-state index contributed by atoms with van der Waals surface area (Å²) in [5, 5.41) is 15.0. The van der Waals surface area contributed by atoms with Crippen molar-refractivity contribution in [2.75, 3.05) is 10.6 Å². The van der Waals surface area contributed by atoms with Crippen LogP contribution in [0.25, 0.3) is 16.7 Å². The number of aromatic nitrogens is 4. The highest BCUT2D eigenvalue weighted by Crippen LogP contribution is 2.33. The van der Waals surface area contributed by atoms with Crippen LogP contribution in [0.3, 0.4) is 0 Å². The molecule has 10 nitrogen and oxygen atoms in total. The number of carbonyl (C=O) groups is 1. The molecule has 2 aromatic heterocycles. The maximum absolute atomic E-state index is 12.8. The van der Waals surface area contributed by atoms with Crippen molar-refractivity contribution in [2.24, 2.45) is 0 Å². The third kappa shape index (κ3) is 3.69. The molecule has 1 unspecified atom stereocenters. The Kier molecular flexibility index (Phi) is 5.03. The lowest BCUT2D eigenvalue weighted by Crippen LogP contribution is -2.34. The van der Waals surface area contributed by atoms with Crippen LogP contribution in [-0.2, 0) is 4.79 Å². The Morgan fingerprint density at radius 2 is 1.94 bits per heavy atom. The second kappa shape index (κ2) is 7.91. The van der Waals surface area contributed by atoms with Gasteiger partial charge in [-0.15, -0.1) is 0 Å². The van der Waals surface area contributed by atoms with Crippen LogP contribution in [0.1, 0.15) is 6.92 Å². The highest BCUT2D eigenvalue weighted by Gasteiger charge is 2.23. The standard InChI is InChI=1S/C21H15Cl2N7O3/c1-9-19(31)27-14-7-10(5-6-15(14)33-9)26-20-25-8-11-17(24)30(21(32)29-18(11)28-20)16-12(22)3-2-4-13(16)23/h2-9,24H,1H3,(H,27,31)(H2,25,26,28,29,32). The van der Waals surface area contributed by atoms with Crippen molar-refractivity contribution in [1.82, 2.24) is 19.5 Å². The summed E-state index contributed by atoms with van der Waals surface area (Å²) >= 11 is 12.4. The summed E-state index contributed by atoms with van der Waals surface area (Å²) in [4.78, 5) is 35.8. The number of para-hydroxylation sites is 1. The first-order valence-electron chi connectivity index (χ1n) is 9.71. The molecule has 4 N–H and O–H groups in total. The molecule has 12 heteroatoms. The smallest absolute Gasteiger partial charge is 0.333 e. The number of aromatic amines is 1. The Morgan fingerprint density at radius 1 is 1.18 bits per heavy atom. The fourth-order valence-corrected chi connectivity index (χ4v) is 3.99. The zero-order chi connectivity index (χ0) is 23.3. The van der Waals surface area contributed by atoms with Crippen LogP contribution in [-0.4, -0.2) is 31.5 Å². The fraction of sp³-hybridized carbons (Fsp3) is 0.0952. The largest absolute Gasteiger partial charge is 0.479 e. The Labute approximate surface area is 195 Å². The van der Waals surface area contributed by atoms with Crippen molar-refractivity contribution >= 4 is 57.5 Å². The number of halogens is 2. The van der Waals surface area contributed by atoms with Gasteiger partial charge in [-0.25, -0.2) is 14.3 Å². The van der Waals surface area contributed by atoms with Gasteiger partial charge in [-0.3, -0.25) is 15.2 Å². The van der Waals surface area contributed by atoms with Crippen LogP contribution in [0.5, 0.6) is 5.75 Å². The zero-order valence-corrected chi connectivity index (χ0v) is 18.5. The molecule has 0 saturated heterocycles. The zero-order valence-electron chi connectivity index (χ0n) is 16.9. The van der Waals surface area contributed by atoms with Crippen molar-refractivity contribution in [3.05, 3.63) is 68.6 Å². The average Bonchev–Trinajstić information content (AvgIpc) is 2.76. The molecule has 1 amide bonds. The summed E-state index contributed by atoms with van der Waals surface area (Å²) in [6.07, 6.45) is 0.842. The molecule has 2 aromatic carbocycles. The predicted molar refractivity (Wildman–Crippen MR) is 124 cm³/mol. The van der Waals surface area contributed by atoms with Gasteiger partial charge >= 0.3 is 5.69 Å². The maximum atomic E-state index is 12.8. The van der Waals surface area contributed by atoms with Gasteiger partial charge in [0.2, 0.25) is 5.95 Å². The van der Waals surface area contributed by atoms with Gasteiger partial charge in [-0.2, -0.15) is 4.98 Å². The third-order valence-electron chi connectivity index (χ3n) is 5.02. The lowest BCUT2D eigenvalue weighted by Gasteiger charge is -2.23. The Balaban J connectivity index is 1.53. The Bertz CT molecular complexity index is 1540. The Hall–Kier alpha value is -3.89. The quantitative estimate of drug-likeness (QED) is 0.352. The van der Waals surface area contributed by atoms with Gasteiger partial charge in [0.1, 0.15) is 11.2 Å². The number of nitrogens with zero attached hydrogens (tertiary/aromatic N) is 3. The van der Waals surface area contributed by atoms with Gasteiger partial charge in [0, 0.05) is 11.9 Å². The van der Waals surface area contributed by atoms with Crippen LogP contribution in [0, 0.1) is 5.41 Å². The van der Waals surface area contributed by atoms with E-state index in [-0.39, 0.29) is 44.1 Å². The normalized spacial score (nSPS) is 15.0. The minimum absolute atomic E-state index is 0.158. The molecule has 33 heavy (non-hydrogen) atoms. The summed E-state index contributed by atoms with van der Waals surface area (Å²) in [6, 6.07) is 9.95. The number of anilines is 3. The summed E-state index contributed by atoms with van der Waals surface area (Å²) in [5.74, 6) is 0.495. The van der Waals surface area contributed by atoms with Crippen LogP contribution >= 0.6 is 23.2 Å². The molecule has 0 fully saturated rings. The number of hydrogen-bond donors (Lipinski definition) is 4. The van der Waals surface area contributed by atoms with E-state index in [1.807, 2.05) is 0 Å². The molecule has 166 valence electrons. The Morgan fingerprint density at radius 3 is 2.70 bits per heavy atom. The summed E-state index contributed by atoms with van der Waals surface area (Å²) in [6.45, 7) is 1.66.